The average molecular weight is 280 g/mol. The minimum Gasteiger partial charge on any atom is -0.345 e. The van der Waals surface area contributed by atoms with Crippen LogP contribution in [0.3, 0.4) is 0 Å². The highest BCUT2D eigenvalue weighted by Gasteiger charge is 2.42. The van der Waals surface area contributed by atoms with Crippen molar-refractivity contribution in [3.05, 3.63) is 11.6 Å². The van der Waals surface area contributed by atoms with Crippen LogP contribution < -0.4 is 0 Å². The first-order chi connectivity index (χ1) is 9.40. The molecule has 1 heterocycles. The van der Waals surface area contributed by atoms with Crippen molar-refractivity contribution >= 4 is 0 Å². The number of ether oxygens (including phenoxy) is 3. The molecule has 3 heteroatoms. The standard InChI is InChI=1S/C17H28O3/c1-11(18-15-10-12-5-6-13(15)9-12)19-16-14(20-16)7-8-17(2,3)4/h6,11-12,14-16H,5,7-10H2,1-4H3. The van der Waals surface area contributed by atoms with Crippen LogP contribution in [0, 0.1) is 11.3 Å². The van der Waals surface area contributed by atoms with Crippen molar-refractivity contribution in [1.82, 2.24) is 0 Å². The first kappa shape index (κ1) is 14.6. The molecule has 1 saturated heterocycles. The van der Waals surface area contributed by atoms with Crippen molar-refractivity contribution in [3.8, 4) is 0 Å². The Morgan fingerprint density at radius 3 is 2.75 bits per heavy atom. The summed E-state index contributed by atoms with van der Waals surface area (Å²) in [6.45, 7) is 8.79. The minimum absolute atomic E-state index is 0.0417. The van der Waals surface area contributed by atoms with Gasteiger partial charge in [-0.1, -0.05) is 26.8 Å². The van der Waals surface area contributed by atoms with Crippen molar-refractivity contribution < 1.29 is 14.2 Å². The zero-order chi connectivity index (χ0) is 14.3. The predicted molar refractivity (Wildman–Crippen MR) is 78.2 cm³/mol. The van der Waals surface area contributed by atoms with Crippen LogP contribution in [0.2, 0.25) is 0 Å². The van der Waals surface area contributed by atoms with E-state index in [0.29, 0.717) is 11.5 Å². The highest BCUT2D eigenvalue weighted by atomic mass is 16.8. The predicted octanol–water partition coefficient (Wildman–Crippen LogP) is 4.03. The summed E-state index contributed by atoms with van der Waals surface area (Å²) in [5.41, 5.74) is 1.86. The Balaban J connectivity index is 1.35. The van der Waals surface area contributed by atoms with Gasteiger partial charge in [0, 0.05) is 0 Å². The molecule has 3 aliphatic rings. The number of hydrogen-bond donors (Lipinski definition) is 0. The maximum absolute atomic E-state index is 6.02. The fourth-order valence-corrected chi connectivity index (χ4v) is 3.34. The Morgan fingerprint density at radius 1 is 1.35 bits per heavy atom. The van der Waals surface area contributed by atoms with Gasteiger partial charge in [-0.15, -0.1) is 0 Å². The van der Waals surface area contributed by atoms with Gasteiger partial charge in [-0.25, -0.2) is 0 Å². The van der Waals surface area contributed by atoms with E-state index in [9.17, 15) is 0 Å². The number of epoxide rings is 1. The van der Waals surface area contributed by atoms with Gasteiger partial charge in [0.2, 0.25) is 0 Å². The van der Waals surface area contributed by atoms with Gasteiger partial charge >= 0.3 is 0 Å². The van der Waals surface area contributed by atoms with E-state index in [0.717, 1.165) is 12.3 Å². The van der Waals surface area contributed by atoms with Gasteiger partial charge in [-0.3, -0.25) is 0 Å². The van der Waals surface area contributed by atoms with E-state index in [-0.39, 0.29) is 18.7 Å². The third kappa shape index (κ3) is 3.63. The van der Waals surface area contributed by atoms with Crippen LogP contribution in [0.1, 0.15) is 59.8 Å². The monoisotopic (exact) mass is 280 g/mol. The van der Waals surface area contributed by atoms with Crippen molar-refractivity contribution in [3.63, 3.8) is 0 Å². The van der Waals surface area contributed by atoms with E-state index >= 15 is 0 Å². The van der Waals surface area contributed by atoms with E-state index < -0.39 is 0 Å². The molecule has 0 radical (unpaired) electrons. The first-order valence-corrected chi connectivity index (χ1v) is 8.06. The zero-order valence-corrected chi connectivity index (χ0v) is 13.2. The molecule has 3 nitrogen and oxygen atoms in total. The molecule has 1 aliphatic heterocycles. The highest BCUT2D eigenvalue weighted by molar-refractivity contribution is 5.21. The fourth-order valence-electron chi connectivity index (χ4n) is 3.34. The SMILES string of the molecule is CC(OC1CC2CC=C1C2)OC1OC1CCC(C)(C)C. The second kappa shape index (κ2) is 5.43. The normalized spacial score (nSPS) is 37.1. The zero-order valence-electron chi connectivity index (χ0n) is 13.2. The van der Waals surface area contributed by atoms with Crippen molar-refractivity contribution in [2.45, 2.75) is 84.6 Å². The third-order valence-corrected chi connectivity index (χ3v) is 4.60. The smallest absolute Gasteiger partial charge is 0.187 e. The fraction of sp³-hybridized carbons (Fsp3) is 0.882. The summed E-state index contributed by atoms with van der Waals surface area (Å²) in [5.74, 6) is 0.832. The number of rotatable bonds is 6. The molecule has 0 N–H and O–H groups in total. The van der Waals surface area contributed by atoms with Crippen LogP contribution >= 0.6 is 0 Å². The van der Waals surface area contributed by atoms with Gasteiger partial charge in [0.15, 0.2) is 12.6 Å². The Bertz CT molecular complexity index is 382. The summed E-state index contributed by atoms with van der Waals surface area (Å²) in [5, 5.41) is 0. The lowest BCUT2D eigenvalue weighted by Crippen LogP contribution is -2.24. The molecule has 0 amide bonds. The lowest BCUT2D eigenvalue weighted by atomic mass is 9.90. The molecule has 0 aromatic heterocycles. The van der Waals surface area contributed by atoms with E-state index in [2.05, 4.69) is 26.8 Å². The molecule has 114 valence electrons. The lowest BCUT2D eigenvalue weighted by Gasteiger charge is -2.21. The van der Waals surface area contributed by atoms with Crippen LogP contribution in [-0.2, 0) is 14.2 Å². The van der Waals surface area contributed by atoms with Gasteiger partial charge in [0.1, 0.15) is 6.10 Å². The molecule has 5 unspecified atom stereocenters. The van der Waals surface area contributed by atoms with Gasteiger partial charge in [-0.2, -0.15) is 0 Å². The summed E-state index contributed by atoms with van der Waals surface area (Å²) < 4.78 is 17.4. The van der Waals surface area contributed by atoms with Gasteiger partial charge in [0.05, 0.1) is 6.10 Å². The Kier molecular flexibility index (Phi) is 3.95. The average Bonchev–Trinajstić information content (AvgIpc) is 2.77. The van der Waals surface area contributed by atoms with E-state index in [1.807, 2.05) is 6.92 Å². The third-order valence-electron chi connectivity index (χ3n) is 4.60. The topological polar surface area (TPSA) is 31.0 Å². The molecule has 2 fully saturated rings. The van der Waals surface area contributed by atoms with Crippen molar-refractivity contribution in [2.24, 2.45) is 11.3 Å². The quantitative estimate of drug-likeness (QED) is 0.418. The molecule has 0 spiro atoms. The Morgan fingerprint density at radius 2 is 2.15 bits per heavy atom. The molecule has 0 aromatic rings. The van der Waals surface area contributed by atoms with Crippen LogP contribution in [0.5, 0.6) is 0 Å². The first-order valence-electron chi connectivity index (χ1n) is 8.06. The molecular weight excluding hydrogens is 252 g/mol. The largest absolute Gasteiger partial charge is 0.345 e. The summed E-state index contributed by atoms with van der Waals surface area (Å²) in [6, 6.07) is 0. The summed E-state index contributed by atoms with van der Waals surface area (Å²) in [4.78, 5) is 0. The summed E-state index contributed by atoms with van der Waals surface area (Å²) in [6.07, 6.45) is 8.65. The second-order valence-electron chi connectivity index (χ2n) is 7.79. The van der Waals surface area contributed by atoms with Crippen molar-refractivity contribution in [2.75, 3.05) is 0 Å². The number of allylic oxidation sites excluding steroid dienone is 1. The van der Waals surface area contributed by atoms with Gasteiger partial charge < -0.3 is 14.2 Å². The summed E-state index contributed by atoms with van der Waals surface area (Å²) in [7, 11) is 0. The minimum atomic E-state index is -0.162. The van der Waals surface area contributed by atoms with Gasteiger partial charge in [-0.05, 0) is 55.9 Å². The van der Waals surface area contributed by atoms with E-state index in [4.69, 9.17) is 14.2 Å². The lowest BCUT2D eigenvalue weighted by molar-refractivity contribution is -0.174. The maximum Gasteiger partial charge on any atom is 0.187 e. The Hall–Kier alpha value is -0.380. The second-order valence-corrected chi connectivity index (χ2v) is 7.79. The molecule has 2 aliphatic carbocycles. The summed E-state index contributed by atoms with van der Waals surface area (Å²) >= 11 is 0. The van der Waals surface area contributed by atoms with Gasteiger partial charge in [0.25, 0.3) is 0 Å². The van der Waals surface area contributed by atoms with Crippen LogP contribution in [-0.4, -0.2) is 24.8 Å². The Labute approximate surface area is 122 Å². The molecule has 2 bridgehead atoms. The van der Waals surface area contributed by atoms with E-state index in [1.54, 1.807) is 0 Å². The molecular formula is C17H28O3. The van der Waals surface area contributed by atoms with Crippen molar-refractivity contribution in [1.29, 1.82) is 0 Å². The molecule has 1 saturated carbocycles. The van der Waals surface area contributed by atoms with E-state index in [1.165, 1.54) is 31.3 Å². The molecule has 5 atom stereocenters. The molecule has 20 heavy (non-hydrogen) atoms. The van der Waals surface area contributed by atoms with Crippen LogP contribution in [0.25, 0.3) is 0 Å². The molecule has 3 rings (SSSR count). The number of hydrogen-bond acceptors (Lipinski definition) is 3. The maximum atomic E-state index is 6.02. The van der Waals surface area contributed by atoms with Crippen LogP contribution in [0.15, 0.2) is 11.6 Å². The molecule has 0 aromatic carbocycles. The van der Waals surface area contributed by atoms with Crippen LogP contribution in [0.4, 0.5) is 0 Å². The highest BCUT2D eigenvalue weighted by Crippen LogP contribution is 2.42. The number of fused-ring (bicyclic) bond motifs is 2.